The molecule has 1 aromatic carbocycles. The van der Waals surface area contributed by atoms with Gasteiger partial charge in [-0.1, -0.05) is 25.0 Å². The van der Waals surface area contributed by atoms with Gasteiger partial charge in [0, 0.05) is 29.4 Å². The molecule has 7 heteroatoms. The molecule has 0 spiro atoms. The third-order valence-corrected chi connectivity index (χ3v) is 4.19. The number of unbranched alkanes of at least 4 members (excludes halogenated alkanes) is 3. The number of hydrogen-bond acceptors (Lipinski definition) is 4. The average molecular weight is 386 g/mol. The van der Waals surface area contributed by atoms with Gasteiger partial charge in [0.15, 0.2) is 0 Å². The Morgan fingerprint density at radius 1 is 1.14 bits per heavy atom. The molecular weight excluding hydrogens is 356 g/mol. The van der Waals surface area contributed by atoms with Crippen molar-refractivity contribution in [2.45, 2.75) is 58.5 Å². The van der Waals surface area contributed by atoms with Gasteiger partial charge in [-0.25, -0.2) is 0 Å². The van der Waals surface area contributed by atoms with Crippen molar-refractivity contribution < 1.29 is 14.3 Å². The van der Waals surface area contributed by atoms with Gasteiger partial charge in [0.25, 0.3) is 5.91 Å². The first-order valence-corrected chi connectivity index (χ1v) is 9.63. The van der Waals surface area contributed by atoms with E-state index in [1.54, 1.807) is 18.2 Å². The maximum Gasteiger partial charge on any atom is 0.306 e. The largest absolute Gasteiger partial charge is 0.460 e. The van der Waals surface area contributed by atoms with Crippen LogP contribution in [-0.2, 0) is 9.53 Å². The molecule has 0 aliphatic heterocycles. The van der Waals surface area contributed by atoms with Crippen molar-refractivity contribution in [1.82, 2.24) is 10.3 Å². The van der Waals surface area contributed by atoms with Crippen LogP contribution in [0.5, 0.6) is 0 Å². The molecule has 1 heterocycles. The van der Waals surface area contributed by atoms with Crippen LogP contribution in [-0.4, -0.2) is 34.8 Å². The number of amides is 1. The molecule has 0 radical (unpaired) electrons. The van der Waals surface area contributed by atoms with Crippen molar-refractivity contribution in [3.8, 4) is 0 Å². The molecule has 2 rings (SSSR count). The van der Waals surface area contributed by atoms with E-state index >= 15 is 0 Å². The molecule has 0 atom stereocenters. The molecule has 152 valence electrons. The number of aromatic nitrogens is 1. The van der Waals surface area contributed by atoms with Gasteiger partial charge in [-0.15, -0.1) is 0 Å². The second-order valence-corrected chi connectivity index (χ2v) is 7.91. The van der Waals surface area contributed by atoms with E-state index in [9.17, 15) is 9.59 Å². The second kappa shape index (κ2) is 9.39. The monoisotopic (exact) mass is 386 g/mol. The molecule has 28 heavy (non-hydrogen) atoms. The van der Waals surface area contributed by atoms with Crippen LogP contribution in [0.15, 0.2) is 24.3 Å². The number of nitrogens with one attached hydrogen (secondary N) is 3. The van der Waals surface area contributed by atoms with E-state index in [2.05, 4.69) is 10.3 Å². The molecule has 2 aromatic rings. The average Bonchev–Trinajstić information content (AvgIpc) is 3.02. The minimum atomic E-state index is -0.433. The van der Waals surface area contributed by atoms with Crippen LogP contribution in [0.4, 0.5) is 0 Å². The first-order chi connectivity index (χ1) is 13.2. The maximum absolute atomic E-state index is 12.3. The summed E-state index contributed by atoms with van der Waals surface area (Å²) < 4.78 is 5.27. The number of esters is 1. The zero-order valence-electron chi connectivity index (χ0n) is 16.9. The number of H-pyrrole nitrogens is 1. The van der Waals surface area contributed by atoms with E-state index in [0.717, 1.165) is 36.6 Å². The third kappa shape index (κ3) is 6.72. The van der Waals surface area contributed by atoms with E-state index < -0.39 is 5.60 Å². The SMILES string of the molecule is CC(C)(C)OC(=O)CCCCCCNC(=O)c1cc2ccc(C(=N)N)cc2[nH]1. The first-order valence-electron chi connectivity index (χ1n) is 9.63. The standard InChI is InChI=1S/C21H30N4O3/c1-21(2,3)28-18(26)8-6-4-5-7-11-24-20(27)17-12-14-9-10-15(19(22)23)13-16(14)25-17/h9-10,12-13,25H,4-8,11H2,1-3H3,(H3,22,23)(H,24,27). The molecule has 5 N–H and O–H groups in total. The Labute approximate surface area is 165 Å². The van der Waals surface area contributed by atoms with Crippen LogP contribution in [0.25, 0.3) is 10.9 Å². The third-order valence-electron chi connectivity index (χ3n) is 4.19. The fraction of sp³-hybridized carbons (Fsp3) is 0.476. The molecule has 1 aromatic heterocycles. The molecule has 0 saturated heterocycles. The highest BCUT2D eigenvalue weighted by Crippen LogP contribution is 2.17. The number of fused-ring (bicyclic) bond motifs is 1. The number of nitrogens with two attached hydrogens (primary N) is 1. The summed E-state index contributed by atoms with van der Waals surface area (Å²) in [5, 5.41) is 11.3. The van der Waals surface area contributed by atoms with Gasteiger partial charge < -0.3 is 20.8 Å². The predicted molar refractivity (Wildman–Crippen MR) is 111 cm³/mol. The molecule has 0 saturated carbocycles. The number of carbonyl (C=O) groups is 2. The summed E-state index contributed by atoms with van der Waals surface area (Å²) in [6.45, 7) is 6.17. The minimum Gasteiger partial charge on any atom is -0.460 e. The molecule has 0 unspecified atom stereocenters. The number of rotatable bonds is 9. The summed E-state index contributed by atoms with van der Waals surface area (Å²) in [5.41, 5.74) is 6.94. The number of ether oxygens (including phenoxy) is 1. The highest BCUT2D eigenvalue weighted by molar-refractivity contribution is 6.01. The number of aromatic amines is 1. The Hall–Kier alpha value is -2.83. The highest BCUT2D eigenvalue weighted by atomic mass is 16.6. The maximum atomic E-state index is 12.3. The highest BCUT2D eigenvalue weighted by Gasteiger charge is 2.15. The van der Waals surface area contributed by atoms with Crippen LogP contribution in [0.3, 0.4) is 0 Å². The van der Waals surface area contributed by atoms with E-state index in [1.807, 2.05) is 26.8 Å². The second-order valence-electron chi connectivity index (χ2n) is 7.91. The number of amidine groups is 1. The lowest BCUT2D eigenvalue weighted by atomic mass is 10.1. The van der Waals surface area contributed by atoms with Gasteiger partial charge in [-0.3, -0.25) is 15.0 Å². The summed E-state index contributed by atoms with van der Waals surface area (Å²) >= 11 is 0. The van der Waals surface area contributed by atoms with E-state index in [4.69, 9.17) is 15.9 Å². The van der Waals surface area contributed by atoms with Crippen molar-refractivity contribution >= 4 is 28.6 Å². The smallest absolute Gasteiger partial charge is 0.306 e. The molecular formula is C21H30N4O3. The lowest BCUT2D eigenvalue weighted by molar-refractivity contribution is -0.154. The summed E-state index contributed by atoms with van der Waals surface area (Å²) in [7, 11) is 0. The Bertz CT molecular complexity index is 849. The summed E-state index contributed by atoms with van der Waals surface area (Å²) in [6, 6.07) is 7.15. The summed E-state index contributed by atoms with van der Waals surface area (Å²) in [6.07, 6.45) is 3.95. The van der Waals surface area contributed by atoms with Gasteiger partial charge in [-0.05, 0) is 45.7 Å². The topological polar surface area (TPSA) is 121 Å². The molecule has 7 nitrogen and oxygen atoms in total. The first kappa shape index (κ1) is 21.5. The molecule has 0 bridgehead atoms. The van der Waals surface area contributed by atoms with Crippen LogP contribution in [0.1, 0.15) is 68.9 Å². The van der Waals surface area contributed by atoms with Crippen molar-refractivity contribution in [3.63, 3.8) is 0 Å². The van der Waals surface area contributed by atoms with Crippen LogP contribution in [0, 0.1) is 5.41 Å². The Kier molecular flexibility index (Phi) is 7.20. The number of carbonyl (C=O) groups excluding carboxylic acids is 2. The lowest BCUT2D eigenvalue weighted by Crippen LogP contribution is -2.24. The quantitative estimate of drug-likeness (QED) is 0.228. The van der Waals surface area contributed by atoms with Crippen molar-refractivity contribution in [2.75, 3.05) is 6.54 Å². The van der Waals surface area contributed by atoms with Gasteiger partial charge in [0.1, 0.15) is 17.1 Å². The number of nitrogen functional groups attached to an aromatic ring is 1. The Morgan fingerprint density at radius 3 is 2.54 bits per heavy atom. The fourth-order valence-corrected chi connectivity index (χ4v) is 2.85. The summed E-state index contributed by atoms with van der Waals surface area (Å²) in [5.74, 6) is -0.323. The normalized spacial score (nSPS) is 11.4. The number of benzene rings is 1. The fourth-order valence-electron chi connectivity index (χ4n) is 2.85. The lowest BCUT2D eigenvalue weighted by Gasteiger charge is -2.19. The Balaban J connectivity index is 1.68. The molecule has 0 aliphatic rings. The predicted octanol–water partition coefficient (Wildman–Crippen LogP) is 3.47. The van der Waals surface area contributed by atoms with Crippen molar-refractivity contribution in [3.05, 3.63) is 35.5 Å². The van der Waals surface area contributed by atoms with Crippen molar-refractivity contribution in [2.24, 2.45) is 5.73 Å². The molecule has 0 fully saturated rings. The van der Waals surface area contributed by atoms with Gasteiger partial charge >= 0.3 is 5.97 Å². The van der Waals surface area contributed by atoms with Gasteiger partial charge in [0.05, 0.1) is 0 Å². The van der Waals surface area contributed by atoms with Crippen LogP contribution >= 0.6 is 0 Å². The number of hydrogen-bond donors (Lipinski definition) is 4. The van der Waals surface area contributed by atoms with E-state index in [1.165, 1.54) is 0 Å². The van der Waals surface area contributed by atoms with Gasteiger partial charge in [0.2, 0.25) is 0 Å². The molecule has 1 amide bonds. The molecule has 0 aliphatic carbocycles. The van der Waals surface area contributed by atoms with Crippen LogP contribution < -0.4 is 11.1 Å². The zero-order valence-corrected chi connectivity index (χ0v) is 16.9. The Morgan fingerprint density at radius 2 is 1.86 bits per heavy atom. The minimum absolute atomic E-state index is 0.00540. The zero-order chi connectivity index (χ0) is 20.7. The van der Waals surface area contributed by atoms with E-state index in [-0.39, 0.29) is 17.7 Å². The van der Waals surface area contributed by atoms with Crippen molar-refractivity contribution in [1.29, 1.82) is 5.41 Å². The van der Waals surface area contributed by atoms with Crippen LogP contribution in [0.2, 0.25) is 0 Å². The van der Waals surface area contributed by atoms with Gasteiger partial charge in [-0.2, -0.15) is 0 Å². The summed E-state index contributed by atoms with van der Waals surface area (Å²) in [4.78, 5) is 27.0. The van der Waals surface area contributed by atoms with E-state index in [0.29, 0.717) is 24.2 Å².